The maximum absolute atomic E-state index is 12.8. The van der Waals surface area contributed by atoms with E-state index in [9.17, 15) is 18.5 Å². The zero-order valence-electron chi connectivity index (χ0n) is 12.2. The number of sulfonamides is 1. The number of halogens is 1. The number of nitrogens with two attached hydrogens (primary N) is 1. The second kappa shape index (κ2) is 7.36. The molecule has 1 aromatic carbocycles. The minimum absolute atomic E-state index is 0. The maximum atomic E-state index is 12.8. The van der Waals surface area contributed by atoms with Gasteiger partial charge in [0.15, 0.2) is 4.90 Å². The third-order valence-corrected chi connectivity index (χ3v) is 5.84. The summed E-state index contributed by atoms with van der Waals surface area (Å²) in [4.78, 5) is 10.1. The van der Waals surface area contributed by atoms with Gasteiger partial charge in [0.05, 0.1) is 4.92 Å². The SMILES string of the molecule is CC1CCN(S(=O)(=O)c2ccccc2[N+](=O)[O-])C(CN)C1.Cl. The van der Waals surface area contributed by atoms with Crippen molar-refractivity contribution in [3.05, 3.63) is 34.4 Å². The highest BCUT2D eigenvalue weighted by Gasteiger charge is 2.38. The molecule has 0 bridgehead atoms. The molecule has 7 nitrogen and oxygen atoms in total. The first-order valence-corrected chi connectivity index (χ1v) is 8.27. The molecule has 2 N–H and O–H groups in total. The Bertz CT molecular complexity index is 638. The minimum Gasteiger partial charge on any atom is -0.329 e. The van der Waals surface area contributed by atoms with Crippen molar-refractivity contribution in [3.8, 4) is 0 Å². The summed E-state index contributed by atoms with van der Waals surface area (Å²) in [7, 11) is -3.91. The van der Waals surface area contributed by atoms with Crippen LogP contribution in [0.2, 0.25) is 0 Å². The number of benzene rings is 1. The lowest BCUT2D eigenvalue weighted by Crippen LogP contribution is -2.49. The van der Waals surface area contributed by atoms with Gasteiger partial charge in [0.1, 0.15) is 0 Å². The fraction of sp³-hybridized carbons (Fsp3) is 0.538. The lowest BCUT2D eigenvalue weighted by Gasteiger charge is -2.36. The Morgan fingerprint density at radius 2 is 2.05 bits per heavy atom. The zero-order valence-corrected chi connectivity index (χ0v) is 13.8. The first-order valence-electron chi connectivity index (χ1n) is 6.83. The molecule has 1 heterocycles. The summed E-state index contributed by atoms with van der Waals surface area (Å²) in [5, 5.41) is 11.1. The molecule has 1 aliphatic rings. The van der Waals surface area contributed by atoms with Crippen LogP contribution in [0.3, 0.4) is 0 Å². The molecule has 0 radical (unpaired) electrons. The van der Waals surface area contributed by atoms with Crippen LogP contribution >= 0.6 is 12.4 Å². The van der Waals surface area contributed by atoms with Crippen LogP contribution in [0, 0.1) is 16.0 Å². The van der Waals surface area contributed by atoms with Crippen LogP contribution in [0.25, 0.3) is 0 Å². The zero-order chi connectivity index (χ0) is 15.6. The van der Waals surface area contributed by atoms with Crippen molar-refractivity contribution in [1.29, 1.82) is 0 Å². The summed E-state index contributed by atoms with van der Waals surface area (Å²) in [6.07, 6.45) is 1.41. The molecule has 1 fully saturated rings. The molecule has 1 saturated heterocycles. The summed E-state index contributed by atoms with van der Waals surface area (Å²) in [6.45, 7) is 2.61. The van der Waals surface area contributed by atoms with E-state index in [4.69, 9.17) is 5.73 Å². The largest absolute Gasteiger partial charge is 0.329 e. The van der Waals surface area contributed by atoms with E-state index in [1.807, 2.05) is 0 Å². The van der Waals surface area contributed by atoms with Crippen LogP contribution in [-0.4, -0.2) is 36.8 Å². The van der Waals surface area contributed by atoms with Crippen molar-refractivity contribution in [2.45, 2.75) is 30.7 Å². The summed E-state index contributed by atoms with van der Waals surface area (Å²) < 4.78 is 26.8. The van der Waals surface area contributed by atoms with Gasteiger partial charge in [-0.3, -0.25) is 10.1 Å². The number of hydrogen-bond acceptors (Lipinski definition) is 5. The smallest absolute Gasteiger partial charge is 0.289 e. The first-order chi connectivity index (χ1) is 9.87. The average Bonchev–Trinajstić information content (AvgIpc) is 2.46. The Morgan fingerprint density at radius 1 is 1.41 bits per heavy atom. The Labute approximate surface area is 136 Å². The van der Waals surface area contributed by atoms with Crippen molar-refractivity contribution in [2.24, 2.45) is 11.7 Å². The molecular formula is C13H20ClN3O4S. The van der Waals surface area contributed by atoms with E-state index < -0.39 is 20.6 Å². The molecule has 0 amide bonds. The van der Waals surface area contributed by atoms with Gasteiger partial charge in [-0.05, 0) is 24.8 Å². The number of rotatable bonds is 4. The molecule has 2 unspecified atom stereocenters. The molecule has 9 heteroatoms. The van der Waals surface area contributed by atoms with E-state index in [1.165, 1.54) is 28.6 Å². The molecule has 22 heavy (non-hydrogen) atoms. The average molecular weight is 350 g/mol. The second-order valence-corrected chi connectivity index (χ2v) is 7.22. The highest BCUT2D eigenvalue weighted by atomic mass is 35.5. The summed E-state index contributed by atoms with van der Waals surface area (Å²) >= 11 is 0. The quantitative estimate of drug-likeness (QED) is 0.658. The van der Waals surface area contributed by atoms with Crippen molar-refractivity contribution >= 4 is 28.1 Å². The molecular weight excluding hydrogens is 330 g/mol. The Hall–Kier alpha value is -1.22. The lowest BCUT2D eigenvalue weighted by atomic mass is 9.94. The number of para-hydroxylation sites is 1. The Morgan fingerprint density at radius 3 is 2.64 bits per heavy atom. The van der Waals surface area contributed by atoms with Crippen LogP contribution in [0.15, 0.2) is 29.2 Å². The fourth-order valence-corrected chi connectivity index (χ4v) is 4.53. The topological polar surface area (TPSA) is 107 Å². The van der Waals surface area contributed by atoms with Gasteiger partial charge in [-0.25, -0.2) is 8.42 Å². The predicted molar refractivity (Wildman–Crippen MR) is 85.5 cm³/mol. The van der Waals surface area contributed by atoms with Gasteiger partial charge in [-0.2, -0.15) is 4.31 Å². The number of hydrogen-bond donors (Lipinski definition) is 1. The van der Waals surface area contributed by atoms with Crippen molar-refractivity contribution in [1.82, 2.24) is 4.31 Å². The van der Waals surface area contributed by atoms with E-state index in [0.717, 1.165) is 6.42 Å². The molecule has 0 spiro atoms. The number of nitro benzene ring substituents is 1. The van der Waals surface area contributed by atoms with E-state index in [-0.39, 0.29) is 29.9 Å². The van der Waals surface area contributed by atoms with E-state index >= 15 is 0 Å². The molecule has 1 aromatic rings. The summed E-state index contributed by atoms with van der Waals surface area (Å²) in [5.41, 5.74) is 5.29. The number of nitro groups is 1. The van der Waals surface area contributed by atoms with E-state index in [0.29, 0.717) is 18.9 Å². The van der Waals surface area contributed by atoms with Gasteiger partial charge in [0, 0.05) is 25.2 Å². The first kappa shape index (κ1) is 18.8. The summed E-state index contributed by atoms with van der Waals surface area (Å²) in [5.74, 6) is 0.399. The van der Waals surface area contributed by atoms with Crippen LogP contribution < -0.4 is 5.73 Å². The van der Waals surface area contributed by atoms with Crippen molar-refractivity contribution in [3.63, 3.8) is 0 Å². The number of piperidine rings is 1. The lowest BCUT2D eigenvalue weighted by molar-refractivity contribution is -0.387. The monoisotopic (exact) mass is 349 g/mol. The molecule has 2 atom stereocenters. The Balaban J connectivity index is 0.00000242. The highest BCUT2D eigenvalue weighted by Crippen LogP contribution is 2.31. The van der Waals surface area contributed by atoms with Crippen molar-refractivity contribution in [2.75, 3.05) is 13.1 Å². The third kappa shape index (κ3) is 3.57. The molecule has 0 aliphatic carbocycles. The normalized spacial score (nSPS) is 22.8. The predicted octanol–water partition coefficient (Wildman–Crippen LogP) is 1.76. The van der Waals surface area contributed by atoms with E-state index in [2.05, 4.69) is 6.92 Å². The van der Waals surface area contributed by atoms with Crippen LogP contribution in [0.4, 0.5) is 5.69 Å². The van der Waals surface area contributed by atoms with Crippen LogP contribution in [0.1, 0.15) is 19.8 Å². The van der Waals surface area contributed by atoms with Gasteiger partial charge in [-0.1, -0.05) is 19.1 Å². The Kier molecular flexibility index (Phi) is 6.30. The molecule has 0 saturated carbocycles. The van der Waals surface area contributed by atoms with Gasteiger partial charge in [-0.15, -0.1) is 12.4 Å². The standard InChI is InChI=1S/C13H19N3O4S.ClH/c1-10-6-7-15(11(8-10)9-14)21(19,20)13-5-3-2-4-12(13)16(17)18;/h2-5,10-11H,6-9,14H2,1H3;1H. The maximum Gasteiger partial charge on any atom is 0.289 e. The second-order valence-electron chi connectivity index (χ2n) is 5.36. The van der Waals surface area contributed by atoms with Gasteiger partial charge in [0.2, 0.25) is 10.0 Å². The fourth-order valence-electron chi connectivity index (χ4n) is 2.71. The minimum atomic E-state index is -3.91. The summed E-state index contributed by atoms with van der Waals surface area (Å²) in [6, 6.07) is 5.12. The number of nitrogens with zero attached hydrogens (tertiary/aromatic N) is 2. The molecule has 2 rings (SSSR count). The third-order valence-electron chi connectivity index (χ3n) is 3.84. The van der Waals surface area contributed by atoms with Gasteiger partial charge >= 0.3 is 0 Å². The van der Waals surface area contributed by atoms with Crippen molar-refractivity contribution < 1.29 is 13.3 Å². The van der Waals surface area contributed by atoms with Crippen LogP contribution in [0.5, 0.6) is 0 Å². The van der Waals surface area contributed by atoms with E-state index in [1.54, 1.807) is 0 Å². The molecule has 0 aromatic heterocycles. The van der Waals surface area contributed by atoms with Gasteiger partial charge in [0.25, 0.3) is 5.69 Å². The molecule has 1 aliphatic heterocycles. The molecule has 124 valence electrons. The van der Waals surface area contributed by atoms with Gasteiger partial charge < -0.3 is 5.73 Å². The highest BCUT2D eigenvalue weighted by molar-refractivity contribution is 7.89. The van der Waals surface area contributed by atoms with Crippen LogP contribution in [-0.2, 0) is 10.0 Å².